The Balaban J connectivity index is 1.30. The number of anilines is 1. The highest BCUT2D eigenvalue weighted by Crippen LogP contribution is 2.44. The number of rotatable bonds is 4. The molecule has 0 saturated heterocycles. The Kier molecular flexibility index (Phi) is 6.66. The highest BCUT2D eigenvalue weighted by molar-refractivity contribution is 6.22. The molecule has 0 bridgehead atoms. The molecular weight excluding hydrogens is 544 g/mol. The molecule has 45 heavy (non-hydrogen) atoms. The third-order valence-electron chi connectivity index (χ3n) is 8.60. The van der Waals surface area contributed by atoms with E-state index in [0.717, 1.165) is 22.8 Å². The van der Waals surface area contributed by atoms with Gasteiger partial charge < -0.3 is 0 Å². The molecule has 1 aliphatic rings. The maximum atomic E-state index is 4.83. The molecule has 7 aromatic rings. The standard InChI is InChI=1S/C43H30N2/c1-30-13-11-12-28-44-43(33-15-3-2-4-16-33)45(30)36-26-24-32(25-27-36)41-37-18-7-9-20-39(37)42(40-21-10-8-19-38(40)41)35-23-22-31-14-5-6-17-34(31)29-35/h2-29H,1H2/b13-11-,28-12-,44-43?. The van der Waals surface area contributed by atoms with Crippen LogP contribution in [0.3, 0.4) is 0 Å². The van der Waals surface area contributed by atoms with Gasteiger partial charge in [-0.1, -0.05) is 140 Å². The molecule has 0 fully saturated rings. The lowest BCUT2D eigenvalue weighted by molar-refractivity contribution is 1.24. The van der Waals surface area contributed by atoms with Crippen LogP contribution >= 0.6 is 0 Å². The van der Waals surface area contributed by atoms with Crippen LogP contribution in [0.1, 0.15) is 5.56 Å². The molecular formula is C43H30N2. The number of hydrogen-bond donors (Lipinski definition) is 0. The van der Waals surface area contributed by atoms with Crippen LogP contribution in [0.25, 0.3) is 54.6 Å². The lowest BCUT2D eigenvalue weighted by atomic mass is 9.85. The van der Waals surface area contributed by atoms with Gasteiger partial charge in [0.05, 0.1) is 0 Å². The quantitative estimate of drug-likeness (QED) is 0.191. The molecule has 1 aliphatic heterocycles. The molecule has 0 atom stereocenters. The Morgan fingerprint density at radius 3 is 1.69 bits per heavy atom. The Morgan fingerprint density at radius 2 is 1.02 bits per heavy atom. The second-order valence-electron chi connectivity index (χ2n) is 11.3. The van der Waals surface area contributed by atoms with Gasteiger partial charge in [-0.2, -0.15) is 0 Å². The zero-order valence-corrected chi connectivity index (χ0v) is 24.8. The molecule has 0 spiro atoms. The molecule has 2 nitrogen and oxygen atoms in total. The van der Waals surface area contributed by atoms with Crippen molar-refractivity contribution < 1.29 is 0 Å². The first-order chi connectivity index (χ1) is 22.3. The van der Waals surface area contributed by atoms with Crippen LogP contribution in [0.15, 0.2) is 187 Å². The number of amidine groups is 1. The van der Waals surface area contributed by atoms with Crippen molar-refractivity contribution >= 4 is 43.8 Å². The van der Waals surface area contributed by atoms with Crippen molar-refractivity contribution in [2.24, 2.45) is 4.99 Å². The van der Waals surface area contributed by atoms with Crippen molar-refractivity contribution in [3.63, 3.8) is 0 Å². The normalized spacial score (nSPS) is 14.7. The van der Waals surface area contributed by atoms with Gasteiger partial charge in [0.2, 0.25) is 0 Å². The fourth-order valence-electron chi connectivity index (χ4n) is 6.55. The number of hydrogen-bond acceptors (Lipinski definition) is 2. The van der Waals surface area contributed by atoms with Crippen molar-refractivity contribution in [3.05, 3.63) is 188 Å². The van der Waals surface area contributed by atoms with Crippen LogP contribution in [-0.2, 0) is 0 Å². The molecule has 0 aromatic heterocycles. The minimum Gasteiger partial charge on any atom is -0.295 e. The van der Waals surface area contributed by atoms with E-state index in [0.29, 0.717) is 0 Å². The molecule has 8 rings (SSSR count). The Morgan fingerprint density at radius 1 is 0.467 bits per heavy atom. The Labute approximate surface area is 263 Å². The van der Waals surface area contributed by atoms with Gasteiger partial charge in [0, 0.05) is 23.1 Å². The molecule has 0 N–H and O–H groups in total. The average Bonchev–Trinajstić information content (AvgIpc) is 3.09. The molecule has 0 unspecified atom stereocenters. The van der Waals surface area contributed by atoms with Gasteiger partial charge in [-0.15, -0.1) is 0 Å². The van der Waals surface area contributed by atoms with E-state index in [9.17, 15) is 0 Å². The number of fused-ring (bicyclic) bond motifs is 3. The summed E-state index contributed by atoms with van der Waals surface area (Å²) in [7, 11) is 0. The van der Waals surface area contributed by atoms with E-state index in [1.807, 2.05) is 42.6 Å². The van der Waals surface area contributed by atoms with Gasteiger partial charge in [-0.05, 0) is 84.9 Å². The summed E-state index contributed by atoms with van der Waals surface area (Å²) in [6, 6.07) is 52.1. The van der Waals surface area contributed by atoms with Crippen LogP contribution in [0.2, 0.25) is 0 Å². The first-order valence-electron chi connectivity index (χ1n) is 15.2. The lowest BCUT2D eigenvalue weighted by Gasteiger charge is -2.27. The zero-order chi connectivity index (χ0) is 30.2. The topological polar surface area (TPSA) is 15.6 Å². The molecule has 0 saturated carbocycles. The summed E-state index contributed by atoms with van der Waals surface area (Å²) in [5.41, 5.74) is 7.80. The molecule has 1 heterocycles. The van der Waals surface area contributed by atoms with Crippen LogP contribution in [0.5, 0.6) is 0 Å². The summed E-state index contributed by atoms with van der Waals surface area (Å²) in [5.74, 6) is 0.838. The van der Waals surface area contributed by atoms with Crippen LogP contribution < -0.4 is 4.90 Å². The Hall–Kier alpha value is -5.99. The molecule has 2 heteroatoms. The summed E-state index contributed by atoms with van der Waals surface area (Å²) >= 11 is 0. The minimum atomic E-state index is 0.838. The van der Waals surface area contributed by atoms with E-state index in [4.69, 9.17) is 4.99 Å². The molecule has 0 amide bonds. The fraction of sp³-hybridized carbons (Fsp3) is 0. The van der Waals surface area contributed by atoms with Crippen molar-refractivity contribution in [1.82, 2.24) is 0 Å². The lowest BCUT2D eigenvalue weighted by Crippen LogP contribution is -2.30. The van der Waals surface area contributed by atoms with Crippen LogP contribution in [0.4, 0.5) is 5.69 Å². The van der Waals surface area contributed by atoms with E-state index in [2.05, 4.69) is 139 Å². The van der Waals surface area contributed by atoms with Gasteiger partial charge in [-0.3, -0.25) is 4.90 Å². The SMILES string of the molecule is C=C1/C=C\C=C/N=C(c2ccccc2)N1c1ccc(-c2c3ccccc3c(-c3ccc4ccccc4c3)c3ccccc23)cc1. The smallest absolute Gasteiger partial charge is 0.144 e. The minimum absolute atomic E-state index is 0.838. The van der Waals surface area contributed by atoms with Crippen LogP contribution in [0, 0.1) is 0 Å². The first kappa shape index (κ1) is 26.6. The molecule has 0 aliphatic carbocycles. The van der Waals surface area contributed by atoms with Crippen molar-refractivity contribution in [1.29, 1.82) is 0 Å². The summed E-state index contributed by atoms with van der Waals surface area (Å²) in [6.07, 6.45) is 7.77. The molecule has 7 aromatic carbocycles. The monoisotopic (exact) mass is 574 g/mol. The summed E-state index contributed by atoms with van der Waals surface area (Å²) in [6.45, 7) is 4.39. The van der Waals surface area contributed by atoms with Gasteiger partial charge in [0.25, 0.3) is 0 Å². The van der Waals surface area contributed by atoms with E-state index in [1.165, 1.54) is 54.6 Å². The van der Waals surface area contributed by atoms with Crippen molar-refractivity contribution in [3.8, 4) is 22.3 Å². The first-order valence-corrected chi connectivity index (χ1v) is 15.2. The van der Waals surface area contributed by atoms with E-state index in [-0.39, 0.29) is 0 Å². The number of benzene rings is 7. The Bertz CT molecular complexity index is 2270. The van der Waals surface area contributed by atoms with Crippen molar-refractivity contribution in [2.75, 3.05) is 4.90 Å². The second kappa shape index (κ2) is 11.3. The number of allylic oxidation sites excluding steroid dienone is 3. The number of aliphatic imine (C=N–C) groups is 1. The largest absolute Gasteiger partial charge is 0.295 e. The molecule has 0 radical (unpaired) electrons. The highest BCUT2D eigenvalue weighted by Gasteiger charge is 2.20. The highest BCUT2D eigenvalue weighted by atomic mass is 15.2. The van der Waals surface area contributed by atoms with E-state index >= 15 is 0 Å². The van der Waals surface area contributed by atoms with Gasteiger partial charge >= 0.3 is 0 Å². The zero-order valence-electron chi connectivity index (χ0n) is 24.8. The summed E-state index contributed by atoms with van der Waals surface area (Å²) in [5, 5.41) is 7.47. The fourth-order valence-corrected chi connectivity index (χ4v) is 6.55. The maximum absolute atomic E-state index is 4.83. The summed E-state index contributed by atoms with van der Waals surface area (Å²) in [4.78, 5) is 6.95. The van der Waals surface area contributed by atoms with E-state index < -0.39 is 0 Å². The van der Waals surface area contributed by atoms with Crippen LogP contribution in [-0.4, -0.2) is 5.84 Å². The van der Waals surface area contributed by atoms with Gasteiger partial charge in [0.1, 0.15) is 5.84 Å². The van der Waals surface area contributed by atoms with Gasteiger partial charge in [-0.25, -0.2) is 4.99 Å². The third-order valence-corrected chi connectivity index (χ3v) is 8.60. The molecule has 212 valence electrons. The predicted molar refractivity (Wildman–Crippen MR) is 193 cm³/mol. The third kappa shape index (κ3) is 4.74. The van der Waals surface area contributed by atoms with Gasteiger partial charge in [0.15, 0.2) is 0 Å². The van der Waals surface area contributed by atoms with Crippen molar-refractivity contribution in [2.45, 2.75) is 0 Å². The predicted octanol–water partition coefficient (Wildman–Crippen LogP) is 11.3. The average molecular weight is 575 g/mol. The second-order valence-corrected chi connectivity index (χ2v) is 11.3. The summed E-state index contributed by atoms with van der Waals surface area (Å²) < 4.78 is 0. The van der Waals surface area contributed by atoms with E-state index in [1.54, 1.807) is 0 Å². The maximum Gasteiger partial charge on any atom is 0.144 e. The number of nitrogens with zero attached hydrogens (tertiary/aromatic N) is 2.